The van der Waals surface area contributed by atoms with Crippen molar-refractivity contribution in [3.05, 3.63) is 0 Å². The van der Waals surface area contributed by atoms with E-state index in [2.05, 4.69) is 41.5 Å². The topological polar surface area (TPSA) is 78.9 Å². The Balaban J connectivity index is 4.39. The van der Waals surface area contributed by atoms with Crippen LogP contribution in [0.5, 0.6) is 0 Å². The van der Waals surface area contributed by atoms with Crippen molar-refractivity contribution in [2.24, 2.45) is 17.8 Å². The summed E-state index contributed by atoms with van der Waals surface area (Å²) in [5.74, 6) is 1.48. The fraction of sp³-hybridized carbons (Fsp3) is 0.927. The van der Waals surface area contributed by atoms with Gasteiger partial charge in [0.15, 0.2) is 6.10 Å². The van der Waals surface area contributed by atoms with Crippen LogP contribution in [-0.4, -0.2) is 37.2 Å². The van der Waals surface area contributed by atoms with Crippen molar-refractivity contribution in [1.82, 2.24) is 0 Å². The van der Waals surface area contributed by atoms with E-state index >= 15 is 0 Å². The van der Waals surface area contributed by atoms with Gasteiger partial charge in [0, 0.05) is 19.3 Å². The van der Waals surface area contributed by atoms with E-state index in [0.29, 0.717) is 19.3 Å². The summed E-state index contributed by atoms with van der Waals surface area (Å²) in [6.07, 6.45) is 26.8. The van der Waals surface area contributed by atoms with Crippen molar-refractivity contribution in [1.29, 1.82) is 0 Å². The molecule has 0 aliphatic carbocycles. The average molecular weight is 667 g/mol. The van der Waals surface area contributed by atoms with Gasteiger partial charge in [-0.1, -0.05) is 170 Å². The van der Waals surface area contributed by atoms with Crippen LogP contribution in [0.3, 0.4) is 0 Å². The first-order valence-electron chi connectivity index (χ1n) is 20.1. The van der Waals surface area contributed by atoms with E-state index in [4.69, 9.17) is 14.2 Å². The molecule has 0 spiro atoms. The normalized spacial score (nSPS) is 12.8. The molecule has 0 aliphatic heterocycles. The first-order valence-corrected chi connectivity index (χ1v) is 20.1. The zero-order chi connectivity index (χ0) is 35.0. The van der Waals surface area contributed by atoms with Crippen LogP contribution in [0, 0.1) is 17.8 Å². The SMILES string of the molecule is CCC(C)CCCCCCCCC(=O)OC[C@@H](COC(=O)CCCCCCCCC(C)C)OC(=O)CCCCCCCCCC(C)C. The van der Waals surface area contributed by atoms with Gasteiger partial charge in [-0.2, -0.15) is 0 Å². The third kappa shape index (κ3) is 34.1. The third-order valence-electron chi connectivity index (χ3n) is 9.26. The summed E-state index contributed by atoms with van der Waals surface area (Å²) < 4.78 is 16.6. The number of carbonyl (C=O) groups is 3. The Bertz CT molecular complexity index is 733. The molecular weight excluding hydrogens is 588 g/mol. The Kier molecular flexibility index (Phi) is 31.8. The maximum atomic E-state index is 12.6. The minimum Gasteiger partial charge on any atom is -0.462 e. The van der Waals surface area contributed by atoms with Crippen molar-refractivity contribution in [2.45, 2.75) is 215 Å². The molecule has 0 aromatic heterocycles. The van der Waals surface area contributed by atoms with Crippen molar-refractivity contribution in [2.75, 3.05) is 13.2 Å². The molecule has 0 aromatic carbocycles. The highest BCUT2D eigenvalue weighted by Gasteiger charge is 2.19. The van der Waals surface area contributed by atoms with Crippen LogP contribution in [0.25, 0.3) is 0 Å². The van der Waals surface area contributed by atoms with Gasteiger partial charge in [-0.3, -0.25) is 14.4 Å². The van der Waals surface area contributed by atoms with E-state index < -0.39 is 6.10 Å². The zero-order valence-electron chi connectivity index (χ0n) is 32.1. The fourth-order valence-electron chi connectivity index (χ4n) is 5.79. The standard InChI is InChI=1S/C41H78O6/c1-7-37(6)29-23-17-12-14-19-25-31-40(43)46-34-38(33-45-39(42)30-24-18-13-11-16-22-28-36(4)5)47-41(44)32-26-20-10-8-9-15-21-27-35(2)3/h35-38H,7-34H2,1-6H3/t37?,38-/m1/s1. The zero-order valence-corrected chi connectivity index (χ0v) is 32.1. The van der Waals surface area contributed by atoms with Crippen LogP contribution in [0.2, 0.25) is 0 Å². The monoisotopic (exact) mass is 667 g/mol. The molecule has 2 atom stereocenters. The molecule has 0 saturated carbocycles. The lowest BCUT2D eigenvalue weighted by Crippen LogP contribution is -2.30. The second-order valence-electron chi connectivity index (χ2n) is 15.1. The predicted molar refractivity (Wildman–Crippen MR) is 196 cm³/mol. The molecule has 6 nitrogen and oxygen atoms in total. The third-order valence-corrected chi connectivity index (χ3v) is 9.26. The minimum atomic E-state index is -0.761. The highest BCUT2D eigenvalue weighted by Crippen LogP contribution is 2.16. The number of unbranched alkanes of at least 4 members (excludes halogenated alkanes) is 16. The largest absolute Gasteiger partial charge is 0.462 e. The molecule has 0 radical (unpaired) electrons. The molecule has 278 valence electrons. The van der Waals surface area contributed by atoms with Gasteiger partial charge in [0.1, 0.15) is 13.2 Å². The second kappa shape index (κ2) is 32.9. The Labute approximate surface area is 291 Å². The molecule has 0 saturated heterocycles. The number of rotatable bonds is 34. The van der Waals surface area contributed by atoms with Gasteiger partial charge in [-0.15, -0.1) is 0 Å². The van der Waals surface area contributed by atoms with Crippen LogP contribution >= 0.6 is 0 Å². The van der Waals surface area contributed by atoms with Gasteiger partial charge >= 0.3 is 17.9 Å². The first-order chi connectivity index (χ1) is 22.6. The average Bonchev–Trinajstić information content (AvgIpc) is 3.03. The van der Waals surface area contributed by atoms with E-state index in [9.17, 15) is 14.4 Å². The summed E-state index contributed by atoms with van der Waals surface area (Å²) in [5.41, 5.74) is 0. The second-order valence-corrected chi connectivity index (χ2v) is 15.1. The Hall–Kier alpha value is -1.59. The molecule has 6 heteroatoms. The van der Waals surface area contributed by atoms with Crippen LogP contribution in [0.1, 0.15) is 208 Å². The van der Waals surface area contributed by atoms with E-state index in [1.807, 2.05) is 0 Å². The van der Waals surface area contributed by atoms with Gasteiger partial charge in [0.05, 0.1) is 0 Å². The summed E-state index contributed by atoms with van der Waals surface area (Å²) in [5, 5.41) is 0. The summed E-state index contributed by atoms with van der Waals surface area (Å²) in [7, 11) is 0. The van der Waals surface area contributed by atoms with E-state index in [1.165, 1.54) is 89.9 Å². The lowest BCUT2D eigenvalue weighted by molar-refractivity contribution is -0.167. The van der Waals surface area contributed by atoms with Crippen molar-refractivity contribution in [3.63, 3.8) is 0 Å². The van der Waals surface area contributed by atoms with Crippen LogP contribution in [-0.2, 0) is 28.6 Å². The smallest absolute Gasteiger partial charge is 0.306 e. The lowest BCUT2D eigenvalue weighted by Gasteiger charge is -2.18. The summed E-state index contributed by atoms with van der Waals surface area (Å²) in [6, 6.07) is 0. The molecule has 0 heterocycles. The Morgan fingerprint density at radius 3 is 1.11 bits per heavy atom. The van der Waals surface area contributed by atoms with Gasteiger partial charge in [-0.25, -0.2) is 0 Å². The van der Waals surface area contributed by atoms with Crippen molar-refractivity contribution in [3.8, 4) is 0 Å². The van der Waals surface area contributed by atoms with E-state index in [1.54, 1.807) is 0 Å². The Morgan fingerprint density at radius 1 is 0.426 bits per heavy atom. The maximum absolute atomic E-state index is 12.6. The molecule has 0 fully saturated rings. The van der Waals surface area contributed by atoms with Crippen molar-refractivity contribution < 1.29 is 28.6 Å². The number of hydrogen-bond acceptors (Lipinski definition) is 6. The van der Waals surface area contributed by atoms with Crippen LogP contribution in [0.15, 0.2) is 0 Å². The maximum Gasteiger partial charge on any atom is 0.306 e. The number of esters is 3. The Morgan fingerprint density at radius 2 is 0.745 bits per heavy atom. The number of ether oxygens (including phenoxy) is 3. The molecule has 0 bridgehead atoms. The van der Waals surface area contributed by atoms with Gasteiger partial charge in [0.25, 0.3) is 0 Å². The molecular formula is C41H78O6. The van der Waals surface area contributed by atoms with E-state index in [-0.39, 0.29) is 31.1 Å². The van der Waals surface area contributed by atoms with Gasteiger partial charge < -0.3 is 14.2 Å². The van der Waals surface area contributed by atoms with Crippen molar-refractivity contribution >= 4 is 17.9 Å². The van der Waals surface area contributed by atoms with Gasteiger partial charge in [0.2, 0.25) is 0 Å². The summed E-state index contributed by atoms with van der Waals surface area (Å²) in [6.45, 7) is 13.5. The fourth-order valence-corrected chi connectivity index (χ4v) is 5.79. The highest BCUT2D eigenvalue weighted by atomic mass is 16.6. The molecule has 0 N–H and O–H groups in total. The van der Waals surface area contributed by atoms with Gasteiger partial charge in [-0.05, 0) is 37.0 Å². The van der Waals surface area contributed by atoms with Crippen LogP contribution < -0.4 is 0 Å². The lowest BCUT2D eigenvalue weighted by atomic mass is 10.00. The van der Waals surface area contributed by atoms with E-state index in [0.717, 1.165) is 75.5 Å². The molecule has 1 unspecified atom stereocenters. The molecule has 47 heavy (non-hydrogen) atoms. The number of carbonyl (C=O) groups excluding carboxylic acids is 3. The molecule has 0 rings (SSSR count). The molecule has 0 amide bonds. The molecule has 0 aliphatic rings. The number of hydrogen-bond donors (Lipinski definition) is 0. The quantitative estimate of drug-likeness (QED) is 0.0386. The highest BCUT2D eigenvalue weighted by molar-refractivity contribution is 5.71. The summed E-state index contributed by atoms with van der Waals surface area (Å²) in [4.78, 5) is 37.4. The molecule has 0 aromatic rings. The summed E-state index contributed by atoms with van der Waals surface area (Å²) >= 11 is 0. The minimum absolute atomic E-state index is 0.0692. The first kappa shape index (κ1) is 45.4. The predicted octanol–water partition coefficient (Wildman–Crippen LogP) is 12.1. The van der Waals surface area contributed by atoms with Crippen LogP contribution in [0.4, 0.5) is 0 Å².